The van der Waals surface area contributed by atoms with Gasteiger partial charge in [0.15, 0.2) is 0 Å². The zero-order chi connectivity index (χ0) is 19.1. The van der Waals surface area contributed by atoms with Crippen molar-refractivity contribution in [1.29, 1.82) is 0 Å². The van der Waals surface area contributed by atoms with Crippen molar-refractivity contribution in [2.24, 2.45) is 0 Å². The van der Waals surface area contributed by atoms with Gasteiger partial charge in [-0.3, -0.25) is 9.59 Å². The van der Waals surface area contributed by atoms with E-state index in [4.69, 9.17) is 4.74 Å². The van der Waals surface area contributed by atoms with Gasteiger partial charge in [-0.25, -0.2) is 4.98 Å². The van der Waals surface area contributed by atoms with E-state index in [0.717, 1.165) is 11.3 Å². The van der Waals surface area contributed by atoms with E-state index in [2.05, 4.69) is 15.6 Å². The molecule has 0 saturated heterocycles. The molecule has 0 bridgehead atoms. The Balaban J connectivity index is 1.96. The van der Waals surface area contributed by atoms with Crippen molar-refractivity contribution < 1.29 is 14.3 Å². The van der Waals surface area contributed by atoms with Crippen LogP contribution >= 0.6 is 0 Å². The van der Waals surface area contributed by atoms with Crippen LogP contribution in [0.3, 0.4) is 0 Å². The van der Waals surface area contributed by atoms with E-state index < -0.39 is 0 Å². The van der Waals surface area contributed by atoms with E-state index in [1.54, 1.807) is 19.1 Å². The first-order valence-corrected chi connectivity index (χ1v) is 8.72. The Bertz CT molecular complexity index is 740. The van der Waals surface area contributed by atoms with Crippen molar-refractivity contribution in [2.45, 2.75) is 46.3 Å². The Morgan fingerprint density at radius 3 is 2.31 bits per heavy atom. The number of amides is 2. The quantitative estimate of drug-likeness (QED) is 0.793. The molecule has 26 heavy (non-hydrogen) atoms. The third-order valence-corrected chi connectivity index (χ3v) is 3.72. The zero-order valence-electron chi connectivity index (χ0n) is 15.6. The predicted molar refractivity (Wildman–Crippen MR) is 101 cm³/mol. The molecule has 2 amide bonds. The molecular weight excluding hydrogens is 330 g/mol. The van der Waals surface area contributed by atoms with Gasteiger partial charge in [-0.05, 0) is 44.5 Å². The highest BCUT2D eigenvalue weighted by Gasteiger charge is 2.12. The van der Waals surface area contributed by atoms with Gasteiger partial charge in [0.2, 0.25) is 11.8 Å². The van der Waals surface area contributed by atoms with Crippen LogP contribution in [0.5, 0.6) is 5.88 Å². The molecule has 0 aliphatic heterocycles. The first-order valence-electron chi connectivity index (χ1n) is 8.72. The number of ether oxygens (including phenoxy) is 1. The highest BCUT2D eigenvalue weighted by atomic mass is 16.5. The summed E-state index contributed by atoms with van der Waals surface area (Å²) in [5.74, 6) is 0.260. The van der Waals surface area contributed by atoms with Crippen molar-refractivity contribution in [1.82, 2.24) is 10.3 Å². The largest absolute Gasteiger partial charge is 0.475 e. The Morgan fingerprint density at radius 1 is 1.08 bits per heavy atom. The van der Waals surface area contributed by atoms with Crippen LogP contribution in [-0.4, -0.2) is 22.9 Å². The number of carbonyl (C=O) groups excluding carboxylic acids is 2. The monoisotopic (exact) mass is 355 g/mol. The molecule has 2 N–H and O–H groups in total. The number of rotatable bonds is 7. The molecule has 0 aliphatic rings. The van der Waals surface area contributed by atoms with Gasteiger partial charge in [0.1, 0.15) is 0 Å². The lowest BCUT2D eigenvalue weighted by molar-refractivity contribution is -0.115. The van der Waals surface area contributed by atoms with Gasteiger partial charge < -0.3 is 15.4 Å². The summed E-state index contributed by atoms with van der Waals surface area (Å²) in [5, 5.41) is 5.73. The lowest BCUT2D eigenvalue weighted by Crippen LogP contribution is -2.26. The maximum atomic E-state index is 12.4. The summed E-state index contributed by atoms with van der Waals surface area (Å²) in [6.45, 7) is 7.55. The van der Waals surface area contributed by atoms with E-state index in [0.29, 0.717) is 17.9 Å². The normalized spacial score (nSPS) is 11.7. The second-order valence-corrected chi connectivity index (χ2v) is 6.27. The zero-order valence-corrected chi connectivity index (χ0v) is 15.6. The molecule has 6 heteroatoms. The van der Waals surface area contributed by atoms with E-state index >= 15 is 0 Å². The Morgan fingerprint density at radius 2 is 1.77 bits per heavy atom. The fraction of sp³-hybridized carbons (Fsp3) is 0.350. The lowest BCUT2D eigenvalue weighted by Gasteiger charge is -2.15. The average molecular weight is 355 g/mol. The van der Waals surface area contributed by atoms with Gasteiger partial charge in [0.25, 0.3) is 5.91 Å². The SMILES string of the molecule is CCC(=O)Nc1ccc(C(C)NC(=O)c2ccc(OC(C)C)nc2)cc1. The minimum atomic E-state index is -0.204. The second kappa shape index (κ2) is 8.99. The third-order valence-electron chi connectivity index (χ3n) is 3.72. The summed E-state index contributed by atoms with van der Waals surface area (Å²) < 4.78 is 5.47. The molecule has 2 aromatic rings. The first-order chi connectivity index (χ1) is 12.4. The molecular formula is C20H25N3O3. The Hall–Kier alpha value is -2.89. The van der Waals surface area contributed by atoms with Gasteiger partial charge in [-0.1, -0.05) is 19.1 Å². The van der Waals surface area contributed by atoms with Crippen molar-refractivity contribution >= 4 is 17.5 Å². The third kappa shape index (κ3) is 5.58. The van der Waals surface area contributed by atoms with Crippen LogP contribution in [0.4, 0.5) is 5.69 Å². The topological polar surface area (TPSA) is 80.3 Å². The van der Waals surface area contributed by atoms with Crippen LogP contribution in [0, 0.1) is 0 Å². The molecule has 138 valence electrons. The average Bonchev–Trinajstić information content (AvgIpc) is 2.62. The van der Waals surface area contributed by atoms with Gasteiger partial charge in [-0.15, -0.1) is 0 Å². The molecule has 1 unspecified atom stereocenters. The molecule has 1 heterocycles. The number of nitrogens with zero attached hydrogens (tertiary/aromatic N) is 1. The van der Waals surface area contributed by atoms with Gasteiger partial charge in [0, 0.05) is 24.4 Å². The fourth-order valence-corrected chi connectivity index (χ4v) is 2.29. The van der Waals surface area contributed by atoms with E-state index in [1.165, 1.54) is 6.20 Å². The number of benzene rings is 1. The van der Waals surface area contributed by atoms with Gasteiger partial charge in [-0.2, -0.15) is 0 Å². The molecule has 0 saturated carbocycles. The number of anilines is 1. The first kappa shape index (κ1) is 19.4. The number of hydrogen-bond acceptors (Lipinski definition) is 4. The maximum absolute atomic E-state index is 12.4. The van der Waals surface area contributed by atoms with Crippen LogP contribution in [0.1, 0.15) is 56.1 Å². The minimum Gasteiger partial charge on any atom is -0.475 e. The molecule has 0 spiro atoms. The van der Waals surface area contributed by atoms with Crippen LogP contribution in [0.15, 0.2) is 42.6 Å². The molecule has 1 aromatic carbocycles. The van der Waals surface area contributed by atoms with Crippen LogP contribution in [-0.2, 0) is 4.79 Å². The van der Waals surface area contributed by atoms with E-state index in [1.807, 2.05) is 45.0 Å². The highest BCUT2D eigenvalue weighted by Crippen LogP contribution is 2.17. The summed E-state index contributed by atoms with van der Waals surface area (Å²) in [5.41, 5.74) is 2.16. The summed E-state index contributed by atoms with van der Waals surface area (Å²) in [6.07, 6.45) is 1.97. The van der Waals surface area contributed by atoms with Gasteiger partial charge >= 0.3 is 0 Å². The smallest absolute Gasteiger partial charge is 0.253 e. The highest BCUT2D eigenvalue weighted by molar-refractivity contribution is 5.94. The summed E-state index contributed by atoms with van der Waals surface area (Å²) >= 11 is 0. The Kier molecular flexibility index (Phi) is 6.72. The molecule has 1 atom stereocenters. The number of hydrogen-bond donors (Lipinski definition) is 2. The molecule has 0 fully saturated rings. The van der Waals surface area contributed by atoms with Crippen molar-refractivity contribution in [3.8, 4) is 5.88 Å². The summed E-state index contributed by atoms with van der Waals surface area (Å²) in [6, 6.07) is 10.6. The van der Waals surface area contributed by atoms with Crippen LogP contribution < -0.4 is 15.4 Å². The summed E-state index contributed by atoms with van der Waals surface area (Å²) in [4.78, 5) is 27.9. The number of pyridine rings is 1. The van der Waals surface area contributed by atoms with Gasteiger partial charge in [0.05, 0.1) is 17.7 Å². The number of carbonyl (C=O) groups is 2. The second-order valence-electron chi connectivity index (χ2n) is 6.27. The van der Waals surface area contributed by atoms with E-state index in [-0.39, 0.29) is 24.0 Å². The predicted octanol–water partition coefficient (Wildman–Crippen LogP) is 3.71. The summed E-state index contributed by atoms with van der Waals surface area (Å²) in [7, 11) is 0. The van der Waals surface area contributed by atoms with Crippen molar-refractivity contribution in [3.63, 3.8) is 0 Å². The van der Waals surface area contributed by atoms with Crippen LogP contribution in [0.2, 0.25) is 0 Å². The molecule has 0 aliphatic carbocycles. The Labute approximate surface area is 154 Å². The molecule has 2 rings (SSSR count). The van der Waals surface area contributed by atoms with Crippen molar-refractivity contribution in [3.05, 3.63) is 53.7 Å². The molecule has 0 radical (unpaired) electrons. The van der Waals surface area contributed by atoms with E-state index in [9.17, 15) is 9.59 Å². The standard InChI is InChI=1S/C20H25N3O3/c1-5-18(24)23-17-9-6-15(7-10-17)14(4)22-20(25)16-8-11-19(21-12-16)26-13(2)3/h6-14H,5H2,1-4H3,(H,22,25)(H,23,24). The van der Waals surface area contributed by atoms with Crippen LogP contribution in [0.25, 0.3) is 0 Å². The number of nitrogens with one attached hydrogen (secondary N) is 2. The fourth-order valence-electron chi connectivity index (χ4n) is 2.29. The molecule has 1 aromatic heterocycles. The minimum absolute atomic E-state index is 0.0310. The lowest BCUT2D eigenvalue weighted by atomic mass is 10.1. The van der Waals surface area contributed by atoms with Crippen molar-refractivity contribution in [2.75, 3.05) is 5.32 Å². The maximum Gasteiger partial charge on any atom is 0.253 e. The number of aromatic nitrogens is 1. The molecule has 6 nitrogen and oxygen atoms in total.